The van der Waals surface area contributed by atoms with Crippen LogP contribution in [-0.2, 0) is 16.0 Å². The van der Waals surface area contributed by atoms with E-state index in [4.69, 9.17) is 0 Å². The second-order valence-corrected chi connectivity index (χ2v) is 3.84. The first-order valence-corrected chi connectivity index (χ1v) is 5.23. The van der Waals surface area contributed by atoms with Crippen LogP contribution in [0.1, 0.15) is 12.0 Å². The fraction of sp³-hybridized carbons (Fsp3) is 0.333. The zero-order valence-corrected chi connectivity index (χ0v) is 8.78. The Balaban J connectivity index is 1.90. The van der Waals surface area contributed by atoms with Crippen molar-refractivity contribution in [1.29, 1.82) is 0 Å². The van der Waals surface area contributed by atoms with Crippen LogP contribution in [0.5, 0.6) is 0 Å². The van der Waals surface area contributed by atoms with Crippen LogP contribution in [0.15, 0.2) is 24.3 Å². The number of rotatable bonds is 3. The van der Waals surface area contributed by atoms with E-state index in [0.29, 0.717) is 25.9 Å². The summed E-state index contributed by atoms with van der Waals surface area (Å²) in [6.45, 7) is 1.04. The van der Waals surface area contributed by atoms with E-state index in [0.717, 1.165) is 5.56 Å². The summed E-state index contributed by atoms with van der Waals surface area (Å²) in [4.78, 5) is 23.8. The van der Waals surface area contributed by atoms with Gasteiger partial charge in [-0.2, -0.15) is 0 Å². The molecule has 2 rings (SSSR count). The lowest BCUT2D eigenvalue weighted by atomic mass is 10.1. The molecule has 0 spiro atoms. The van der Waals surface area contributed by atoms with Gasteiger partial charge in [0.2, 0.25) is 5.78 Å². The molecule has 1 heterocycles. The Morgan fingerprint density at radius 2 is 1.88 bits per heavy atom. The zero-order chi connectivity index (χ0) is 11.5. The number of benzene rings is 1. The predicted octanol–water partition coefficient (Wildman–Crippen LogP) is 1.17. The molecule has 0 unspecified atom stereocenters. The maximum Gasteiger partial charge on any atom is 0.290 e. The maximum atomic E-state index is 12.6. The molecule has 1 aliphatic heterocycles. The third-order valence-electron chi connectivity index (χ3n) is 2.72. The molecular weight excluding hydrogens is 209 g/mol. The lowest BCUT2D eigenvalue weighted by Crippen LogP contribution is -2.29. The second kappa shape index (κ2) is 4.43. The summed E-state index contributed by atoms with van der Waals surface area (Å²) in [5.74, 6) is -0.961. The number of Topliss-reactive ketones (excluding diaryl/α,β-unsaturated/α-hetero) is 1. The van der Waals surface area contributed by atoms with Gasteiger partial charge >= 0.3 is 0 Å². The Kier molecular flexibility index (Phi) is 2.99. The molecule has 1 aliphatic rings. The fourth-order valence-corrected chi connectivity index (χ4v) is 1.75. The van der Waals surface area contributed by atoms with Crippen LogP contribution in [0.4, 0.5) is 4.39 Å². The van der Waals surface area contributed by atoms with Crippen LogP contribution < -0.4 is 0 Å². The van der Waals surface area contributed by atoms with Crippen molar-refractivity contribution in [2.45, 2.75) is 12.8 Å². The van der Waals surface area contributed by atoms with Crippen molar-refractivity contribution in [2.75, 3.05) is 13.1 Å². The average Bonchev–Trinajstić information content (AvgIpc) is 2.60. The topological polar surface area (TPSA) is 37.4 Å². The van der Waals surface area contributed by atoms with E-state index < -0.39 is 0 Å². The summed E-state index contributed by atoms with van der Waals surface area (Å²) in [6.07, 6.45) is 0.974. The van der Waals surface area contributed by atoms with E-state index in [1.54, 1.807) is 17.0 Å². The maximum absolute atomic E-state index is 12.6. The predicted molar refractivity (Wildman–Crippen MR) is 56.3 cm³/mol. The molecule has 0 N–H and O–H groups in total. The Hall–Kier alpha value is -1.71. The minimum atomic E-state index is -0.387. The monoisotopic (exact) mass is 221 g/mol. The summed E-state index contributed by atoms with van der Waals surface area (Å²) in [5.41, 5.74) is 0.966. The number of likely N-dealkylation sites (tertiary alicyclic amines) is 1. The second-order valence-electron chi connectivity index (χ2n) is 3.84. The first-order chi connectivity index (χ1) is 7.66. The van der Waals surface area contributed by atoms with Gasteiger partial charge < -0.3 is 4.90 Å². The molecule has 16 heavy (non-hydrogen) atoms. The van der Waals surface area contributed by atoms with Gasteiger partial charge in [-0.15, -0.1) is 0 Å². The Labute approximate surface area is 92.9 Å². The molecule has 0 aliphatic carbocycles. The highest BCUT2D eigenvalue weighted by atomic mass is 19.1. The highest BCUT2D eigenvalue weighted by Gasteiger charge is 2.28. The largest absolute Gasteiger partial charge is 0.335 e. The first kappa shape index (κ1) is 10.8. The number of amides is 1. The summed E-state index contributed by atoms with van der Waals surface area (Å²) in [5, 5.41) is 0. The molecule has 0 bridgehead atoms. The number of carbonyl (C=O) groups is 2. The van der Waals surface area contributed by atoms with Gasteiger partial charge in [-0.25, -0.2) is 4.39 Å². The molecule has 0 atom stereocenters. The van der Waals surface area contributed by atoms with Crippen molar-refractivity contribution >= 4 is 11.7 Å². The molecule has 0 aromatic heterocycles. The molecule has 0 radical (unpaired) electrons. The third kappa shape index (κ3) is 2.27. The zero-order valence-electron chi connectivity index (χ0n) is 8.78. The number of hydrogen-bond acceptors (Lipinski definition) is 2. The third-order valence-corrected chi connectivity index (χ3v) is 2.72. The van der Waals surface area contributed by atoms with Crippen molar-refractivity contribution in [3.63, 3.8) is 0 Å². The summed E-state index contributed by atoms with van der Waals surface area (Å²) in [6, 6.07) is 6.17. The van der Waals surface area contributed by atoms with Crippen molar-refractivity contribution in [3.8, 4) is 0 Å². The molecule has 3 nitrogen and oxygen atoms in total. The van der Waals surface area contributed by atoms with Gasteiger partial charge in [0, 0.05) is 19.5 Å². The van der Waals surface area contributed by atoms with E-state index in [1.165, 1.54) is 12.1 Å². The average molecular weight is 221 g/mol. The van der Waals surface area contributed by atoms with Crippen LogP contribution >= 0.6 is 0 Å². The van der Waals surface area contributed by atoms with E-state index in [-0.39, 0.29) is 17.5 Å². The van der Waals surface area contributed by atoms with Crippen LogP contribution in [0.3, 0.4) is 0 Å². The van der Waals surface area contributed by atoms with Gasteiger partial charge in [-0.1, -0.05) is 12.1 Å². The summed E-state index contributed by atoms with van der Waals surface area (Å²) >= 11 is 0. The van der Waals surface area contributed by atoms with E-state index in [9.17, 15) is 14.0 Å². The minimum absolute atomic E-state index is 0.267. The summed E-state index contributed by atoms with van der Waals surface area (Å²) in [7, 11) is 0. The Morgan fingerprint density at radius 3 is 2.44 bits per heavy atom. The SMILES string of the molecule is O=C1CCN(CCc2ccc(F)cc2)C1=O. The van der Waals surface area contributed by atoms with Crippen molar-refractivity contribution in [2.24, 2.45) is 0 Å². The fourth-order valence-electron chi connectivity index (χ4n) is 1.75. The first-order valence-electron chi connectivity index (χ1n) is 5.23. The van der Waals surface area contributed by atoms with Crippen LogP contribution in [0.2, 0.25) is 0 Å². The highest BCUT2D eigenvalue weighted by molar-refractivity contribution is 6.37. The molecule has 1 saturated heterocycles. The molecule has 1 aromatic carbocycles. The number of carbonyl (C=O) groups excluding carboxylic acids is 2. The molecule has 0 saturated carbocycles. The Morgan fingerprint density at radius 1 is 1.19 bits per heavy atom. The molecule has 84 valence electrons. The molecule has 4 heteroatoms. The molecule has 1 aromatic rings. The number of hydrogen-bond donors (Lipinski definition) is 0. The quantitative estimate of drug-likeness (QED) is 0.718. The number of halogens is 1. The minimum Gasteiger partial charge on any atom is -0.335 e. The van der Waals surface area contributed by atoms with Gasteiger partial charge in [0.15, 0.2) is 0 Å². The number of ketones is 1. The van der Waals surface area contributed by atoms with Crippen LogP contribution in [0, 0.1) is 5.82 Å². The summed E-state index contributed by atoms with van der Waals surface area (Å²) < 4.78 is 12.6. The van der Waals surface area contributed by atoms with Gasteiger partial charge in [-0.05, 0) is 24.1 Å². The lowest BCUT2D eigenvalue weighted by molar-refractivity contribution is -0.139. The van der Waals surface area contributed by atoms with Gasteiger partial charge in [0.05, 0.1) is 0 Å². The molecule has 1 fully saturated rings. The van der Waals surface area contributed by atoms with Gasteiger partial charge in [-0.3, -0.25) is 9.59 Å². The Bertz CT molecular complexity index is 414. The van der Waals surface area contributed by atoms with Crippen molar-refractivity contribution in [1.82, 2.24) is 4.90 Å². The van der Waals surface area contributed by atoms with Crippen molar-refractivity contribution < 1.29 is 14.0 Å². The molecular formula is C12H12FNO2. The van der Waals surface area contributed by atoms with Gasteiger partial charge in [0.25, 0.3) is 5.91 Å². The van der Waals surface area contributed by atoms with Crippen molar-refractivity contribution in [3.05, 3.63) is 35.6 Å². The molecule has 1 amide bonds. The van der Waals surface area contributed by atoms with Crippen LogP contribution in [-0.4, -0.2) is 29.7 Å². The smallest absolute Gasteiger partial charge is 0.290 e. The highest BCUT2D eigenvalue weighted by Crippen LogP contribution is 2.09. The number of nitrogens with zero attached hydrogens (tertiary/aromatic N) is 1. The van der Waals surface area contributed by atoms with E-state index in [2.05, 4.69) is 0 Å². The van der Waals surface area contributed by atoms with E-state index in [1.807, 2.05) is 0 Å². The standard InChI is InChI=1S/C12H12FNO2/c13-10-3-1-9(2-4-10)5-7-14-8-6-11(15)12(14)16/h1-4H,5-8H2. The normalized spacial score (nSPS) is 15.9. The van der Waals surface area contributed by atoms with Crippen LogP contribution in [0.25, 0.3) is 0 Å². The van der Waals surface area contributed by atoms with E-state index >= 15 is 0 Å². The van der Waals surface area contributed by atoms with Gasteiger partial charge in [0.1, 0.15) is 5.82 Å². The lowest BCUT2D eigenvalue weighted by Gasteiger charge is -2.13.